The number of aryl methyl sites for hydroxylation is 2. The molecule has 1 aliphatic rings. The van der Waals surface area contributed by atoms with Crippen LogP contribution in [-0.4, -0.2) is 85.5 Å². The normalized spacial score (nSPS) is 17.3. The molecule has 0 radical (unpaired) electrons. The summed E-state index contributed by atoms with van der Waals surface area (Å²) in [5.41, 5.74) is 1.90. The van der Waals surface area contributed by atoms with Crippen LogP contribution in [0, 0.1) is 12.7 Å². The zero-order valence-corrected chi connectivity index (χ0v) is 20.6. The molecule has 2 N–H and O–H groups in total. The molecule has 1 aliphatic heterocycles. The highest BCUT2D eigenvalue weighted by molar-refractivity contribution is 5.90. The molecule has 38 heavy (non-hydrogen) atoms. The number of nitrogens with one attached hydrogen (secondary N) is 1. The second kappa shape index (κ2) is 9.74. The number of hydrogen-bond acceptors (Lipinski definition) is 7. The van der Waals surface area contributed by atoms with Crippen molar-refractivity contribution >= 4 is 28.4 Å². The molecule has 0 spiro atoms. The smallest absolute Gasteiger partial charge is 0.285 e. The third-order valence-electron chi connectivity index (χ3n) is 6.68. The van der Waals surface area contributed by atoms with Gasteiger partial charge in [-0.1, -0.05) is 0 Å². The number of alkyl halides is 3. The number of carbonyl (C=O) groups is 1. The second-order valence-corrected chi connectivity index (χ2v) is 9.01. The van der Waals surface area contributed by atoms with Gasteiger partial charge in [-0.15, -0.1) is 5.10 Å². The molecule has 4 heterocycles. The lowest BCUT2D eigenvalue weighted by molar-refractivity contribution is -0.145. The van der Waals surface area contributed by atoms with E-state index in [1.54, 1.807) is 29.8 Å². The lowest BCUT2D eigenvalue weighted by Gasteiger charge is -2.38. The number of hydrogen-bond donors (Lipinski definition) is 2. The Kier molecular flexibility index (Phi) is 6.59. The molecule has 14 heteroatoms. The standard InChI is InChI=1S/C24H25F4N7O3/c1-13-29-20-16(26)9-14(10-17(20)34(13)8-5-25)15-3-7-35-21(15)22(38-2)31-23(32-35)30-18-4-6-33(19(37)11-36)12-24(18,27)28/h3,7,9-10,18,36H,4-6,8,11-12H2,1-2H3,(H,30,32)/t18-/m1/s1. The fourth-order valence-electron chi connectivity index (χ4n) is 4.83. The number of fused-ring (bicyclic) bond motifs is 2. The van der Waals surface area contributed by atoms with Crippen molar-refractivity contribution in [3.05, 3.63) is 36.0 Å². The molecule has 1 saturated heterocycles. The summed E-state index contributed by atoms with van der Waals surface area (Å²) in [6.45, 7) is -0.584. The van der Waals surface area contributed by atoms with Gasteiger partial charge in [0.15, 0.2) is 5.82 Å². The van der Waals surface area contributed by atoms with Crippen molar-refractivity contribution < 1.29 is 32.2 Å². The van der Waals surface area contributed by atoms with Gasteiger partial charge in [0.2, 0.25) is 17.7 Å². The minimum Gasteiger partial charge on any atom is -0.479 e. The lowest BCUT2D eigenvalue weighted by Crippen LogP contribution is -2.56. The van der Waals surface area contributed by atoms with E-state index in [4.69, 9.17) is 9.84 Å². The van der Waals surface area contributed by atoms with Crippen molar-refractivity contribution in [2.75, 3.05) is 38.8 Å². The van der Waals surface area contributed by atoms with Gasteiger partial charge < -0.3 is 24.6 Å². The molecule has 3 aromatic heterocycles. The van der Waals surface area contributed by atoms with E-state index in [0.717, 1.165) is 4.90 Å². The number of nitrogens with zero attached hydrogens (tertiary/aromatic N) is 6. The van der Waals surface area contributed by atoms with E-state index in [1.165, 1.54) is 17.7 Å². The number of rotatable bonds is 7. The number of piperidine rings is 1. The number of methoxy groups -OCH3 is 1. The molecule has 0 aliphatic carbocycles. The number of likely N-dealkylation sites (tertiary alicyclic amines) is 1. The highest BCUT2D eigenvalue weighted by Gasteiger charge is 2.46. The SMILES string of the molecule is COc1nc(N[C@@H]2CCN(C(=O)CO)CC2(F)F)nn2ccc(-c3cc(F)c4nc(C)n(CCF)c4c3)c12. The highest BCUT2D eigenvalue weighted by atomic mass is 19.3. The average molecular weight is 536 g/mol. The first-order valence-electron chi connectivity index (χ1n) is 11.9. The summed E-state index contributed by atoms with van der Waals surface area (Å²) in [6.07, 6.45) is 1.47. The molecule has 1 amide bonds. The molecule has 1 atom stereocenters. The van der Waals surface area contributed by atoms with Crippen molar-refractivity contribution in [3.63, 3.8) is 0 Å². The molecule has 0 unspecified atom stereocenters. The van der Waals surface area contributed by atoms with E-state index in [9.17, 15) is 22.4 Å². The number of amides is 1. The Labute approximate surface area is 213 Å². The number of anilines is 1. The number of benzene rings is 1. The van der Waals surface area contributed by atoms with Crippen LogP contribution in [0.5, 0.6) is 5.88 Å². The summed E-state index contributed by atoms with van der Waals surface area (Å²) >= 11 is 0. The van der Waals surface area contributed by atoms with Gasteiger partial charge in [0.1, 0.15) is 30.1 Å². The molecule has 202 valence electrons. The third kappa shape index (κ3) is 4.38. The van der Waals surface area contributed by atoms with Crippen molar-refractivity contribution in [1.29, 1.82) is 0 Å². The van der Waals surface area contributed by atoms with Gasteiger partial charge in [0.05, 0.1) is 31.8 Å². The Morgan fingerprint density at radius 1 is 1.32 bits per heavy atom. The number of aromatic nitrogens is 5. The summed E-state index contributed by atoms with van der Waals surface area (Å²) in [4.78, 5) is 21.0. The average Bonchev–Trinajstić information content (AvgIpc) is 3.45. The predicted molar refractivity (Wildman–Crippen MR) is 130 cm³/mol. The van der Waals surface area contributed by atoms with Gasteiger partial charge in [-0.05, 0) is 37.1 Å². The van der Waals surface area contributed by atoms with E-state index < -0.39 is 43.5 Å². The van der Waals surface area contributed by atoms with Crippen LogP contribution in [0.3, 0.4) is 0 Å². The van der Waals surface area contributed by atoms with Crippen LogP contribution >= 0.6 is 0 Å². The second-order valence-electron chi connectivity index (χ2n) is 9.01. The maximum Gasteiger partial charge on any atom is 0.285 e. The van der Waals surface area contributed by atoms with Crippen molar-refractivity contribution in [2.45, 2.75) is 31.9 Å². The molecule has 1 fully saturated rings. The van der Waals surface area contributed by atoms with Gasteiger partial charge in [-0.25, -0.2) is 27.1 Å². The number of imidazole rings is 1. The van der Waals surface area contributed by atoms with Gasteiger partial charge in [0, 0.05) is 18.3 Å². The number of halogens is 4. The van der Waals surface area contributed by atoms with Crippen molar-refractivity contribution in [3.8, 4) is 17.0 Å². The molecule has 0 bridgehead atoms. The van der Waals surface area contributed by atoms with Gasteiger partial charge >= 0.3 is 0 Å². The summed E-state index contributed by atoms with van der Waals surface area (Å²) < 4.78 is 66.1. The molecular weight excluding hydrogens is 510 g/mol. The highest BCUT2D eigenvalue weighted by Crippen LogP contribution is 2.35. The number of aliphatic hydroxyl groups is 1. The minimum absolute atomic E-state index is 0.0287. The van der Waals surface area contributed by atoms with Crippen LogP contribution in [0.1, 0.15) is 12.2 Å². The Hall–Kier alpha value is -3.94. The maximum atomic E-state index is 15.0. The molecule has 10 nitrogen and oxygen atoms in total. The summed E-state index contributed by atoms with van der Waals surface area (Å²) in [7, 11) is 1.36. The summed E-state index contributed by atoms with van der Waals surface area (Å²) in [5, 5.41) is 15.9. The van der Waals surface area contributed by atoms with Crippen LogP contribution in [0.15, 0.2) is 24.4 Å². The zero-order chi connectivity index (χ0) is 27.2. The fourth-order valence-corrected chi connectivity index (χ4v) is 4.83. The molecule has 5 rings (SSSR count). The predicted octanol–water partition coefficient (Wildman–Crippen LogP) is 2.81. The third-order valence-corrected chi connectivity index (χ3v) is 6.68. The van der Waals surface area contributed by atoms with E-state index in [1.807, 2.05) is 0 Å². The topological polar surface area (TPSA) is 110 Å². The molecule has 0 saturated carbocycles. The monoisotopic (exact) mass is 535 g/mol. The molecule has 4 aromatic rings. The van der Waals surface area contributed by atoms with E-state index in [0.29, 0.717) is 28.0 Å². The Morgan fingerprint density at radius 3 is 2.79 bits per heavy atom. The Morgan fingerprint density at radius 2 is 2.11 bits per heavy atom. The van der Waals surface area contributed by atoms with Crippen LogP contribution < -0.4 is 10.1 Å². The van der Waals surface area contributed by atoms with Crippen LogP contribution in [0.4, 0.5) is 23.5 Å². The van der Waals surface area contributed by atoms with Gasteiger partial charge in [-0.3, -0.25) is 4.79 Å². The quantitative estimate of drug-likeness (QED) is 0.350. The first-order valence-corrected chi connectivity index (χ1v) is 11.9. The van der Waals surface area contributed by atoms with Gasteiger partial charge in [0.25, 0.3) is 5.92 Å². The fraction of sp³-hybridized carbons (Fsp3) is 0.417. The van der Waals surface area contributed by atoms with E-state index >= 15 is 0 Å². The van der Waals surface area contributed by atoms with E-state index in [2.05, 4.69) is 20.4 Å². The zero-order valence-electron chi connectivity index (χ0n) is 20.6. The number of carbonyl (C=O) groups excluding carboxylic acids is 1. The maximum absolute atomic E-state index is 15.0. The molecule has 1 aromatic carbocycles. The minimum atomic E-state index is -3.30. The Balaban J connectivity index is 1.50. The van der Waals surface area contributed by atoms with Crippen LogP contribution in [0.25, 0.3) is 27.7 Å². The summed E-state index contributed by atoms with van der Waals surface area (Å²) in [6, 6.07) is 3.29. The van der Waals surface area contributed by atoms with Crippen LogP contribution in [0.2, 0.25) is 0 Å². The van der Waals surface area contributed by atoms with Crippen LogP contribution in [-0.2, 0) is 11.3 Å². The van der Waals surface area contributed by atoms with E-state index in [-0.39, 0.29) is 36.9 Å². The number of ether oxygens (including phenoxy) is 1. The lowest BCUT2D eigenvalue weighted by atomic mass is 10.0. The van der Waals surface area contributed by atoms with Gasteiger partial charge in [-0.2, -0.15) is 4.98 Å². The summed E-state index contributed by atoms with van der Waals surface area (Å²) in [5.74, 6) is -4.22. The Bertz CT molecular complexity index is 1520. The van der Waals surface area contributed by atoms with Crippen molar-refractivity contribution in [2.24, 2.45) is 0 Å². The molecular formula is C24H25F4N7O3. The van der Waals surface area contributed by atoms with Crippen molar-refractivity contribution in [1.82, 2.24) is 29.0 Å². The largest absolute Gasteiger partial charge is 0.479 e. The number of aliphatic hydroxyl groups excluding tert-OH is 1. The first kappa shape index (κ1) is 25.7. The first-order chi connectivity index (χ1) is 18.2.